The number of aliphatic hydroxyl groups is 1. The summed E-state index contributed by atoms with van der Waals surface area (Å²) in [5.41, 5.74) is -0.273. The van der Waals surface area contributed by atoms with Gasteiger partial charge in [0.1, 0.15) is 5.60 Å². The van der Waals surface area contributed by atoms with E-state index in [1.807, 2.05) is 6.92 Å². The number of aliphatic hydroxyl groups excluding tert-OH is 1. The standard InChI is InChI=1S/C11H19NO3/c1-11(9-4-2-5-9)8-10(14)12(15-11)6-3-7-13/h9,13H,2-8H2,1H3. The molecule has 4 heteroatoms. The Balaban J connectivity index is 1.92. The zero-order chi connectivity index (χ0) is 10.9. The van der Waals surface area contributed by atoms with E-state index in [-0.39, 0.29) is 18.1 Å². The second-order valence-corrected chi connectivity index (χ2v) is 4.78. The smallest absolute Gasteiger partial charge is 0.249 e. The van der Waals surface area contributed by atoms with E-state index in [9.17, 15) is 4.79 Å². The molecule has 86 valence electrons. The van der Waals surface area contributed by atoms with Crippen molar-refractivity contribution in [1.29, 1.82) is 0 Å². The molecule has 1 N–H and O–H groups in total. The molecule has 1 unspecified atom stereocenters. The summed E-state index contributed by atoms with van der Waals surface area (Å²) in [4.78, 5) is 17.4. The molecule has 0 aromatic carbocycles. The lowest BCUT2D eigenvalue weighted by Crippen LogP contribution is -2.39. The van der Waals surface area contributed by atoms with Crippen LogP contribution in [0.4, 0.5) is 0 Å². The molecule has 0 aromatic heterocycles. The first-order chi connectivity index (χ1) is 7.15. The fraction of sp³-hybridized carbons (Fsp3) is 0.909. The van der Waals surface area contributed by atoms with E-state index in [0.29, 0.717) is 25.3 Å². The van der Waals surface area contributed by atoms with Crippen molar-refractivity contribution < 1.29 is 14.7 Å². The normalized spacial score (nSPS) is 32.1. The van der Waals surface area contributed by atoms with Crippen molar-refractivity contribution >= 4 is 5.91 Å². The molecule has 1 aliphatic carbocycles. The molecule has 1 saturated carbocycles. The van der Waals surface area contributed by atoms with Gasteiger partial charge in [0.05, 0.1) is 13.0 Å². The van der Waals surface area contributed by atoms with Gasteiger partial charge in [0.25, 0.3) is 0 Å². The van der Waals surface area contributed by atoms with Crippen LogP contribution in [0.2, 0.25) is 0 Å². The maximum Gasteiger partial charge on any atom is 0.249 e. The Morgan fingerprint density at radius 2 is 2.33 bits per heavy atom. The third-order valence-electron chi connectivity index (χ3n) is 3.59. The van der Waals surface area contributed by atoms with Crippen molar-refractivity contribution in [3.05, 3.63) is 0 Å². The van der Waals surface area contributed by atoms with E-state index < -0.39 is 0 Å². The molecule has 0 aromatic rings. The summed E-state index contributed by atoms with van der Waals surface area (Å²) < 4.78 is 0. The van der Waals surface area contributed by atoms with Crippen molar-refractivity contribution in [1.82, 2.24) is 5.06 Å². The SMILES string of the molecule is CC1(C2CCC2)CC(=O)N(CCCO)O1. The molecule has 1 saturated heterocycles. The Bertz CT molecular complexity index is 252. The van der Waals surface area contributed by atoms with Gasteiger partial charge in [-0.2, -0.15) is 0 Å². The molecule has 1 heterocycles. The zero-order valence-corrected chi connectivity index (χ0v) is 9.24. The number of nitrogens with zero attached hydrogens (tertiary/aromatic N) is 1. The average Bonchev–Trinajstić information content (AvgIpc) is 2.35. The minimum Gasteiger partial charge on any atom is -0.396 e. The summed E-state index contributed by atoms with van der Waals surface area (Å²) in [6.07, 6.45) is 4.71. The maximum atomic E-state index is 11.7. The quantitative estimate of drug-likeness (QED) is 0.760. The lowest BCUT2D eigenvalue weighted by Gasteiger charge is -2.38. The van der Waals surface area contributed by atoms with Crippen LogP contribution < -0.4 is 0 Å². The van der Waals surface area contributed by atoms with Crippen LogP contribution in [-0.4, -0.2) is 34.8 Å². The third kappa shape index (κ3) is 2.01. The second kappa shape index (κ2) is 4.10. The monoisotopic (exact) mass is 213 g/mol. The van der Waals surface area contributed by atoms with Crippen LogP contribution in [0.1, 0.15) is 39.0 Å². The Labute approximate surface area is 90.2 Å². The van der Waals surface area contributed by atoms with Crippen LogP contribution in [0.25, 0.3) is 0 Å². The summed E-state index contributed by atoms with van der Waals surface area (Å²) in [6.45, 7) is 2.65. The highest BCUT2D eigenvalue weighted by Gasteiger charge is 2.48. The summed E-state index contributed by atoms with van der Waals surface area (Å²) in [5, 5.41) is 10.2. The third-order valence-corrected chi connectivity index (χ3v) is 3.59. The topological polar surface area (TPSA) is 49.8 Å². The predicted molar refractivity (Wildman–Crippen MR) is 54.9 cm³/mol. The van der Waals surface area contributed by atoms with Crippen LogP contribution in [-0.2, 0) is 9.63 Å². The van der Waals surface area contributed by atoms with E-state index in [1.54, 1.807) is 0 Å². The van der Waals surface area contributed by atoms with Gasteiger partial charge in [-0.15, -0.1) is 0 Å². The minimum absolute atomic E-state index is 0.0675. The number of amides is 1. The molecule has 4 nitrogen and oxygen atoms in total. The number of hydrogen-bond acceptors (Lipinski definition) is 3. The molecule has 0 spiro atoms. The lowest BCUT2D eigenvalue weighted by atomic mass is 9.72. The number of rotatable bonds is 4. The fourth-order valence-corrected chi connectivity index (χ4v) is 2.35. The van der Waals surface area contributed by atoms with Crippen molar-refractivity contribution in [3.63, 3.8) is 0 Å². The molecule has 0 bridgehead atoms. The first-order valence-electron chi connectivity index (χ1n) is 5.76. The van der Waals surface area contributed by atoms with E-state index in [2.05, 4.69) is 0 Å². The Hall–Kier alpha value is -0.610. The van der Waals surface area contributed by atoms with Gasteiger partial charge in [0.2, 0.25) is 5.91 Å². The van der Waals surface area contributed by atoms with Gasteiger partial charge >= 0.3 is 0 Å². The molecule has 15 heavy (non-hydrogen) atoms. The molecule has 2 fully saturated rings. The summed E-state index contributed by atoms with van der Waals surface area (Å²) in [7, 11) is 0. The molecule has 1 amide bonds. The number of carbonyl (C=O) groups is 1. The zero-order valence-electron chi connectivity index (χ0n) is 9.24. The van der Waals surface area contributed by atoms with Crippen molar-refractivity contribution in [3.8, 4) is 0 Å². The Morgan fingerprint density at radius 3 is 2.87 bits per heavy atom. The predicted octanol–water partition coefficient (Wildman–Crippen LogP) is 1.09. The van der Waals surface area contributed by atoms with Gasteiger partial charge in [-0.3, -0.25) is 9.63 Å². The van der Waals surface area contributed by atoms with Gasteiger partial charge < -0.3 is 5.11 Å². The lowest BCUT2D eigenvalue weighted by molar-refractivity contribution is -0.216. The van der Waals surface area contributed by atoms with Crippen LogP contribution in [0, 0.1) is 5.92 Å². The fourth-order valence-electron chi connectivity index (χ4n) is 2.35. The van der Waals surface area contributed by atoms with Crippen molar-refractivity contribution in [2.75, 3.05) is 13.2 Å². The van der Waals surface area contributed by atoms with E-state index in [1.165, 1.54) is 24.3 Å². The van der Waals surface area contributed by atoms with E-state index in [4.69, 9.17) is 9.94 Å². The molecule has 2 rings (SSSR count). The van der Waals surface area contributed by atoms with Crippen LogP contribution in [0.3, 0.4) is 0 Å². The molecule has 2 aliphatic rings. The van der Waals surface area contributed by atoms with Crippen molar-refractivity contribution in [2.24, 2.45) is 5.92 Å². The Morgan fingerprint density at radius 1 is 1.60 bits per heavy atom. The average molecular weight is 213 g/mol. The highest BCUT2D eigenvalue weighted by atomic mass is 16.7. The summed E-state index contributed by atoms with van der Waals surface area (Å²) >= 11 is 0. The van der Waals surface area contributed by atoms with Crippen LogP contribution >= 0.6 is 0 Å². The Kier molecular flexibility index (Phi) is 2.98. The molecule has 0 radical (unpaired) electrons. The largest absolute Gasteiger partial charge is 0.396 e. The molecule has 1 aliphatic heterocycles. The first kappa shape index (κ1) is 10.9. The van der Waals surface area contributed by atoms with Gasteiger partial charge in [0, 0.05) is 6.61 Å². The highest BCUT2D eigenvalue weighted by molar-refractivity contribution is 5.78. The molecular weight excluding hydrogens is 194 g/mol. The maximum absolute atomic E-state index is 11.7. The van der Waals surface area contributed by atoms with Gasteiger partial charge in [-0.05, 0) is 32.1 Å². The van der Waals surface area contributed by atoms with E-state index in [0.717, 1.165) is 0 Å². The van der Waals surface area contributed by atoms with Crippen LogP contribution in [0.15, 0.2) is 0 Å². The minimum atomic E-state index is -0.273. The number of carbonyl (C=O) groups excluding carboxylic acids is 1. The second-order valence-electron chi connectivity index (χ2n) is 4.78. The highest BCUT2D eigenvalue weighted by Crippen LogP contribution is 2.43. The first-order valence-corrected chi connectivity index (χ1v) is 5.76. The van der Waals surface area contributed by atoms with Crippen LogP contribution in [0.5, 0.6) is 0 Å². The van der Waals surface area contributed by atoms with Crippen molar-refractivity contribution in [2.45, 2.75) is 44.6 Å². The molecule has 1 atom stereocenters. The number of hydroxylamine groups is 2. The number of hydrogen-bond donors (Lipinski definition) is 1. The van der Waals surface area contributed by atoms with Gasteiger partial charge in [0.15, 0.2) is 0 Å². The van der Waals surface area contributed by atoms with Gasteiger partial charge in [-0.1, -0.05) is 6.42 Å². The van der Waals surface area contributed by atoms with Gasteiger partial charge in [-0.25, -0.2) is 5.06 Å². The summed E-state index contributed by atoms with van der Waals surface area (Å²) in [6, 6.07) is 0. The molecular formula is C11H19NO3. The van der Waals surface area contributed by atoms with E-state index >= 15 is 0 Å². The summed E-state index contributed by atoms with van der Waals surface area (Å²) in [5.74, 6) is 0.610.